The van der Waals surface area contributed by atoms with Crippen LogP contribution in [0.25, 0.3) is 0 Å². The van der Waals surface area contributed by atoms with Gasteiger partial charge in [-0.1, -0.05) is 13.8 Å². The molecular weight excluding hydrogens is 456 g/mol. The van der Waals surface area contributed by atoms with E-state index < -0.39 is 59.1 Å². The summed E-state index contributed by atoms with van der Waals surface area (Å²) in [5.74, 6) is -2.29. The second-order valence-electron chi connectivity index (χ2n) is 11.8. The molecular formula is C26H42O9. The number of rotatable bonds is 4. The molecule has 0 aromatic heterocycles. The highest BCUT2D eigenvalue weighted by Gasteiger charge is 2.67. The Balaban J connectivity index is 2.19. The minimum absolute atomic E-state index is 0.0723. The fourth-order valence-electron chi connectivity index (χ4n) is 7.27. The molecule has 0 amide bonds. The second-order valence-corrected chi connectivity index (χ2v) is 11.8. The quantitative estimate of drug-likeness (QED) is 0.444. The van der Waals surface area contributed by atoms with Crippen LogP contribution in [0.2, 0.25) is 0 Å². The Kier molecular flexibility index (Phi) is 7.67. The molecule has 10 atom stereocenters. The van der Waals surface area contributed by atoms with Gasteiger partial charge in [0.2, 0.25) is 0 Å². The van der Waals surface area contributed by atoms with E-state index in [4.69, 9.17) is 18.9 Å². The van der Waals surface area contributed by atoms with Crippen molar-refractivity contribution in [2.45, 2.75) is 122 Å². The third kappa shape index (κ3) is 5.37. The molecule has 1 saturated carbocycles. The van der Waals surface area contributed by atoms with Crippen molar-refractivity contribution in [3.05, 3.63) is 0 Å². The zero-order valence-electron chi connectivity index (χ0n) is 22.2. The molecule has 2 heterocycles. The molecule has 2 aliphatic heterocycles. The predicted molar refractivity (Wildman–Crippen MR) is 125 cm³/mol. The van der Waals surface area contributed by atoms with Crippen LogP contribution >= 0.6 is 0 Å². The van der Waals surface area contributed by atoms with E-state index >= 15 is 0 Å². The van der Waals surface area contributed by atoms with Crippen molar-refractivity contribution in [3.63, 3.8) is 0 Å². The molecule has 9 heteroatoms. The lowest BCUT2D eigenvalue weighted by molar-refractivity contribution is -0.197. The van der Waals surface area contributed by atoms with Gasteiger partial charge in [-0.05, 0) is 45.4 Å². The first kappa shape index (κ1) is 27.9. The minimum Gasteiger partial charge on any atom is -0.460 e. The number of carbonyl (C=O) groups is 3. The molecule has 2 bridgehead atoms. The van der Waals surface area contributed by atoms with Gasteiger partial charge in [-0.2, -0.15) is 0 Å². The van der Waals surface area contributed by atoms with Gasteiger partial charge in [-0.15, -0.1) is 0 Å². The molecule has 3 aliphatic rings. The van der Waals surface area contributed by atoms with Gasteiger partial charge in [0.1, 0.15) is 29.0 Å². The zero-order chi connectivity index (χ0) is 26.5. The molecule has 3 rings (SSSR count). The summed E-state index contributed by atoms with van der Waals surface area (Å²) in [5, 5.41) is 22.8. The van der Waals surface area contributed by atoms with Gasteiger partial charge >= 0.3 is 17.9 Å². The van der Waals surface area contributed by atoms with E-state index in [9.17, 15) is 24.6 Å². The monoisotopic (exact) mass is 498 g/mol. The highest BCUT2D eigenvalue weighted by atomic mass is 16.6. The molecule has 3 fully saturated rings. The smallest absolute Gasteiger partial charge is 0.303 e. The fraction of sp³-hybridized carbons (Fsp3) is 0.885. The SMILES string of the molecule is CC(=O)O[C@H]1CC[C@@](C)(OC(C)=O)[C@@H]2O[C@H](C[C@]1(C)O)[C@@H]1[C@H]2[C@@H](C(C)C)[C@H](O)C[C@@]1(C)OC(C)=O. The van der Waals surface area contributed by atoms with Gasteiger partial charge in [-0.3, -0.25) is 14.4 Å². The zero-order valence-corrected chi connectivity index (χ0v) is 22.2. The van der Waals surface area contributed by atoms with Crippen LogP contribution in [0, 0.1) is 23.7 Å². The van der Waals surface area contributed by atoms with Crippen LogP contribution in [0.4, 0.5) is 0 Å². The Labute approximate surface area is 207 Å². The van der Waals surface area contributed by atoms with Gasteiger partial charge in [0.15, 0.2) is 0 Å². The lowest BCUT2D eigenvalue weighted by Gasteiger charge is -2.53. The summed E-state index contributed by atoms with van der Waals surface area (Å²) in [5.41, 5.74) is -3.63. The van der Waals surface area contributed by atoms with Crippen LogP contribution in [0.15, 0.2) is 0 Å². The molecule has 35 heavy (non-hydrogen) atoms. The normalized spacial score (nSPS) is 45.5. The third-order valence-corrected chi connectivity index (χ3v) is 8.34. The van der Waals surface area contributed by atoms with E-state index in [1.807, 2.05) is 13.8 Å². The van der Waals surface area contributed by atoms with Crippen LogP contribution < -0.4 is 0 Å². The van der Waals surface area contributed by atoms with Crippen LogP contribution in [0.1, 0.15) is 81.1 Å². The van der Waals surface area contributed by atoms with E-state index in [2.05, 4.69) is 0 Å². The van der Waals surface area contributed by atoms with Gasteiger partial charge < -0.3 is 29.2 Å². The van der Waals surface area contributed by atoms with Crippen molar-refractivity contribution in [2.24, 2.45) is 23.7 Å². The molecule has 2 saturated heterocycles. The lowest BCUT2D eigenvalue weighted by atomic mass is 9.56. The highest BCUT2D eigenvalue weighted by molar-refractivity contribution is 5.67. The van der Waals surface area contributed by atoms with Crippen LogP contribution in [-0.4, -0.2) is 69.3 Å². The van der Waals surface area contributed by atoms with Gasteiger partial charge in [0.25, 0.3) is 0 Å². The minimum atomic E-state index is -1.45. The average Bonchev–Trinajstić information content (AvgIpc) is 3.03. The van der Waals surface area contributed by atoms with Crippen molar-refractivity contribution in [3.8, 4) is 0 Å². The third-order valence-electron chi connectivity index (χ3n) is 8.34. The first-order chi connectivity index (χ1) is 16.0. The molecule has 200 valence electrons. The Hall–Kier alpha value is -1.71. The van der Waals surface area contributed by atoms with Gasteiger partial charge in [0, 0.05) is 45.4 Å². The Morgan fingerprint density at radius 2 is 1.51 bits per heavy atom. The number of fused-ring (bicyclic) bond motifs is 5. The topological polar surface area (TPSA) is 129 Å². The van der Waals surface area contributed by atoms with E-state index in [1.54, 1.807) is 20.8 Å². The average molecular weight is 499 g/mol. The number of hydrogen-bond donors (Lipinski definition) is 2. The summed E-state index contributed by atoms with van der Waals surface area (Å²) in [6.45, 7) is 13.2. The summed E-state index contributed by atoms with van der Waals surface area (Å²) in [7, 11) is 0. The van der Waals surface area contributed by atoms with Crippen LogP contribution in [0.5, 0.6) is 0 Å². The maximum atomic E-state index is 12.2. The molecule has 0 radical (unpaired) electrons. The maximum absolute atomic E-state index is 12.2. The van der Waals surface area contributed by atoms with Crippen molar-refractivity contribution < 1.29 is 43.5 Å². The van der Waals surface area contributed by atoms with E-state index in [1.165, 1.54) is 20.8 Å². The van der Waals surface area contributed by atoms with Gasteiger partial charge in [0.05, 0.1) is 12.2 Å². The van der Waals surface area contributed by atoms with E-state index in [0.717, 1.165) is 0 Å². The molecule has 0 spiro atoms. The number of hydrogen-bond acceptors (Lipinski definition) is 9. The number of ether oxygens (including phenoxy) is 4. The standard InChI is InChI=1S/C26H42O9/c1-13(2)20-17(30)11-26(8,35-16(5)29)22-18-12-24(6,31)19(32-14(3)27)9-10-25(7,34-15(4)28)23(33-18)21(20)22/h13,17-23,30-31H,9-12H2,1-8H3/t17-,18-,19+,20+,21-,22-,23-,24+,25-,26-/m1/s1. The lowest BCUT2D eigenvalue weighted by Crippen LogP contribution is -2.61. The Morgan fingerprint density at radius 3 is 2.03 bits per heavy atom. The van der Waals surface area contributed by atoms with Crippen molar-refractivity contribution >= 4 is 17.9 Å². The maximum Gasteiger partial charge on any atom is 0.303 e. The number of aliphatic hydroxyl groups is 2. The summed E-state index contributed by atoms with van der Waals surface area (Å²) in [4.78, 5) is 36.3. The van der Waals surface area contributed by atoms with Crippen molar-refractivity contribution in [1.29, 1.82) is 0 Å². The fourth-order valence-corrected chi connectivity index (χ4v) is 7.27. The van der Waals surface area contributed by atoms with Gasteiger partial charge in [-0.25, -0.2) is 0 Å². The second kappa shape index (κ2) is 9.63. The van der Waals surface area contributed by atoms with Crippen LogP contribution in [0.3, 0.4) is 0 Å². The van der Waals surface area contributed by atoms with Crippen molar-refractivity contribution in [1.82, 2.24) is 0 Å². The number of aliphatic hydroxyl groups excluding tert-OH is 1. The highest BCUT2D eigenvalue weighted by Crippen LogP contribution is 2.58. The summed E-state index contributed by atoms with van der Waals surface area (Å²) < 4.78 is 24.0. The number of carbonyl (C=O) groups excluding carboxylic acids is 3. The predicted octanol–water partition coefficient (Wildman–Crippen LogP) is 2.53. The summed E-state index contributed by atoms with van der Waals surface area (Å²) >= 11 is 0. The summed E-state index contributed by atoms with van der Waals surface area (Å²) in [6, 6.07) is 0. The molecule has 0 unspecified atom stereocenters. The first-order valence-electron chi connectivity index (χ1n) is 12.6. The Bertz CT molecular complexity index is 839. The molecule has 9 nitrogen and oxygen atoms in total. The largest absolute Gasteiger partial charge is 0.460 e. The molecule has 0 aromatic carbocycles. The number of esters is 3. The summed E-state index contributed by atoms with van der Waals surface area (Å²) in [6.07, 6.45) is -1.94. The first-order valence-corrected chi connectivity index (χ1v) is 12.6. The van der Waals surface area contributed by atoms with E-state index in [0.29, 0.717) is 0 Å². The van der Waals surface area contributed by atoms with E-state index in [-0.39, 0.29) is 49.4 Å². The molecule has 2 N–H and O–H groups in total. The van der Waals surface area contributed by atoms with Crippen LogP contribution in [-0.2, 0) is 33.3 Å². The molecule has 1 aliphatic carbocycles. The Morgan fingerprint density at radius 1 is 0.943 bits per heavy atom. The molecule has 0 aromatic rings. The van der Waals surface area contributed by atoms with Crippen molar-refractivity contribution in [2.75, 3.05) is 0 Å².